The fourth-order valence-electron chi connectivity index (χ4n) is 1.10. The van der Waals surface area contributed by atoms with Gasteiger partial charge in [0.1, 0.15) is 12.2 Å². The van der Waals surface area contributed by atoms with E-state index in [-0.39, 0.29) is 11.1 Å². The third kappa shape index (κ3) is 3.12. The third-order valence-electron chi connectivity index (χ3n) is 1.76. The lowest BCUT2D eigenvalue weighted by Crippen LogP contribution is -2.11. The molecule has 0 aliphatic heterocycles. The van der Waals surface area contributed by atoms with Crippen LogP contribution in [-0.2, 0) is 9.47 Å². The number of carbonyl (C=O) groups excluding carboxylic acids is 2. The molecule has 0 amide bonds. The Morgan fingerprint density at radius 2 is 1.65 bits per heavy atom. The molecule has 0 heterocycles. The normalized spacial score (nSPS) is 8.24. The van der Waals surface area contributed by atoms with Gasteiger partial charge in [-0.2, -0.15) is 0 Å². The lowest BCUT2D eigenvalue weighted by atomic mass is 10.1. The predicted octanol–water partition coefficient (Wildman–Crippen LogP) is 1.57. The van der Waals surface area contributed by atoms with Crippen molar-refractivity contribution in [2.75, 3.05) is 0 Å². The van der Waals surface area contributed by atoms with Crippen LogP contribution in [0.5, 0.6) is 0 Å². The minimum Gasteiger partial charge on any atom is -0.369 e. The highest BCUT2D eigenvalue weighted by Gasteiger charge is 2.18. The molecule has 0 fully saturated rings. The lowest BCUT2D eigenvalue weighted by molar-refractivity contribution is 0.0647. The summed E-state index contributed by atoms with van der Waals surface area (Å²) in [6, 6.07) is 6.00. The fourth-order valence-corrected chi connectivity index (χ4v) is 1.10. The van der Waals surface area contributed by atoms with Crippen LogP contribution in [0.4, 0.5) is 0 Å². The molecule has 0 aliphatic carbocycles. The standard InChI is InChI=1S/C13H8O4/c1-3-9-17-13(15)11-8-6-5-7-10(11)12(14)16-4-2/h2,5-8H,1H3. The maximum Gasteiger partial charge on any atom is 0.352 e. The molecular weight excluding hydrogens is 220 g/mol. The van der Waals surface area contributed by atoms with Gasteiger partial charge in [-0.1, -0.05) is 24.5 Å². The Kier molecular flexibility index (Phi) is 4.35. The SMILES string of the molecule is C#COC(=O)c1ccccc1C(=O)OC#CC. The molecule has 84 valence electrons. The molecule has 0 aromatic heterocycles. The van der Waals surface area contributed by atoms with Crippen molar-refractivity contribution in [3.05, 3.63) is 35.4 Å². The molecule has 0 saturated carbocycles. The summed E-state index contributed by atoms with van der Waals surface area (Å²) < 4.78 is 8.95. The number of carbonyl (C=O) groups is 2. The van der Waals surface area contributed by atoms with E-state index in [0.717, 1.165) is 0 Å². The molecule has 0 atom stereocenters. The zero-order valence-corrected chi connectivity index (χ0v) is 9.02. The topological polar surface area (TPSA) is 52.6 Å². The van der Waals surface area contributed by atoms with Crippen LogP contribution in [0.25, 0.3) is 0 Å². The van der Waals surface area contributed by atoms with Gasteiger partial charge in [-0.05, 0) is 12.1 Å². The summed E-state index contributed by atoms with van der Waals surface area (Å²) in [4.78, 5) is 23.0. The average Bonchev–Trinajstić information content (AvgIpc) is 2.36. The average molecular weight is 228 g/mol. The van der Waals surface area contributed by atoms with Crippen molar-refractivity contribution in [2.24, 2.45) is 0 Å². The molecule has 17 heavy (non-hydrogen) atoms. The Morgan fingerprint density at radius 1 is 1.12 bits per heavy atom. The highest BCUT2D eigenvalue weighted by molar-refractivity contribution is 6.03. The second-order valence-corrected chi connectivity index (χ2v) is 2.79. The zero-order chi connectivity index (χ0) is 12.7. The smallest absolute Gasteiger partial charge is 0.352 e. The van der Waals surface area contributed by atoms with E-state index in [4.69, 9.17) is 6.42 Å². The van der Waals surface area contributed by atoms with Gasteiger partial charge < -0.3 is 9.47 Å². The van der Waals surface area contributed by atoms with Crippen LogP contribution in [0.15, 0.2) is 24.3 Å². The molecule has 0 radical (unpaired) electrons. The van der Waals surface area contributed by atoms with Gasteiger partial charge in [-0.3, -0.25) is 0 Å². The Bertz CT molecular complexity index is 541. The van der Waals surface area contributed by atoms with E-state index >= 15 is 0 Å². The molecule has 1 aromatic rings. The van der Waals surface area contributed by atoms with Gasteiger partial charge in [-0.25, -0.2) is 9.59 Å². The summed E-state index contributed by atoms with van der Waals surface area (Å²) in [5, 5.41) is 0. The fraction of sp³-hybridized carbons (Fsp3) is 0.0769. The second-order valence-electron chi connectivity index (χ2n) is 2.79. The highest BCUT2D eigenvalue weighted by atomic mass is 16.5. The van der Waals surface area contributed by atoms with Crippen LogP contribution in [-0.4, -0.2) is 11.9 Å². The summed E-state index contributed by atoms with van der Waals surface area (Å²) in [5.74, 6) is 0.881. The van der Waals surface area contributed by atoms with E-state index in [9.17, 15) is 9.59 Å². The first-order chi connectivity index (χ1) is 8.20. The maximum atomic E-state index is 11.5. The van der Waals surface area contributed by atoms with E-state index in [2.05, 4.69) is 21.5 Å². The molecule has 1 aromatic carbocycles. The van der Waals surface area contributed by atoms with Crippen molar-refractivity contribution in [3.63, 3.8) is 0 Å². The van der Waals surface area contributed by atoms with Gasteiger partial charge in [-0.15, -0.1) is 0 Å². The van der Waals surface area contributed by atoms with Gasteiger partial charge in [0.05, 0.1) is 11.1 Å². The predicted molar refractivity (Wildman–Crippen MR) is 59.6 cm³/mol. The first-order valence-corrected chi connectivity index (χ1v) is 4.59. The van der Waals surface area contributed by atoms with Gasteiger partial charge >= 0.3 is 11.9 Å². The van der Waals surface area contributed by atoms with Crippen molar-refractivity contribution in [2.45, 2.75) is 6.92 Å². The monoisotopic (exact) mass is 228 g/mol. The molecule has 0 unspecified atom stereocenters. The summed E-state index contributed by atoms with van der Waals surface area (Å²) in [5.41, 5.74) is 0.0869. The molecule has 0 N–H and O–H groups in total. The van der Waals surface area contributed by atoms with Crippen LogP contribution in [0, 0.1) is 24.6 Å². The lowest BCUT2D eigenvalue weighted by Gasteiger charge is -2.03. The number of hydrogen-bond acceptors (Lipinski definition) is 4. The van der Waals surface area contributed by atoms with E-state index in [1.807, 2.05) is 0 Å². The van der Waals surface area contributed by atoms with Gasteiger partial charge in [0.2, 0.25) is 0 Å². The minimum absolute atomic E-state index is 0.0355. The van der Waals surface area contributed by atoms with E-state index < -0.39 is 11.9 Å². The number of ether oxygens (including phenoxy) is 2. The van der Waals surface area contributed by atoms with E-state index in [1.54, 1.807) is 18.2 Å². The zero-order valence-electron chi connectivity index (χ0n) is 9.02. The number of esters is 2. The molecule has 0 spiro atoms. The Labute approximate surface area is 98.5 Å². The summed E-state index contributed by atoms with van der Waals surface area (Å²) in [7, 11) is 0. The van der Waals surface area contributed by atoms with Crippen LogP contribution in [0.1, 0.15) is 27.6 Å². The van der Waals surface area contributed by atoms with Gasteiger partial charge in [0, 0.05) is 6.92 Å². The number of terminal acetylenes is 1. The largest absolute Gasteiger partial charge is 0.369 e. The van der Waals surface area contributed by atoms with Crippen LogP contribution in [0.3, 0.4) is 0 Å². The first-order valence-electron chi connectivity index (χ1n) is 4.59. The molecule has 0 saturated heterocycles. The van der Waals surface area contributed by atoms with Crippen LogP contribution >= 0.6 is 0 Å². The Balaban J connectivity index is 3.06. The maximum absolute atomic E-state index is 11.5. The van der Waals surface area contributed by atoms with Crippen molar-refractivity contribution in [1.29, 1.82) is 0 Å². The van der Waals surface area contributed by atoms with E-state index in [0.29, 0.717) is 0 Å². The minimum atomic E-state index is -0.787. The van der Waals surface area contributed by atoms with Crippen molar-refractivity contribution in [3.8, 4) is 24.6 Å². The third-order valence-corrected chi connectivity index (χ3v) is 1.76. The van der Waals surface area contributed by atoms with Crippen molar-refractivity contribution in [1.82, 2.24) is 0 Å². The first kappa shape index (κ1) is 12.4. The molecule has 1 rings (SSSR count). The van der Waals surface area contributed by atoms with Gasteiger partial charge in [0.15, 0.2) is 0 Å². The second kappa shape index (κ2) is 5.99. The summed E-state index contributed by atoms with van der Waals surface area (Å²) in [6.45, 7) is 1.52. The van der Waals surface area contributed by atoms with Crippen LogP contribution in [0.2, 0.25) is 0 Å². The summed E-state index contributed by atoms with van der Waals surface area (Å²) >= 11 is 0. The van der Waals surface area contributed by atoms with Crippen molar-refractivity contribution < 1.29 is 19.1 Å². The molecule has 4 nitrogen and oxygen atoms in total. The summed E-state index contributed by atoms with van der Waals surface area (Å²) in [6.07, 6.45) is 8.74. The van der Waals surface area contributed by atoms with E-state index in [1.165, 1.54) is 19.1 Å². The molecular formula is C13H8O4. The highest BCUT2D eigenvalue weighted by Crippen LogP contribution is 2.11. The Morgan fingerprint density at radius 3 is 2.12 bits per heavy atom. The molecule has 0 bridgehead atoms. The van der Waals surface area contributed by atoms with Gasteiger partial charge in [0.25, 0.3) is 0 Å². The van der Waals surface area contributed by atoms with Crippen LogP contribution < -0.4 is 0 Å². The van der Waals surface area contributed by atoms with Crippen molar-refractivity contribution >= 4 is 11.9 Å². The molecule has 0 aliphatic rings. The number of hydrogen-bond donors (Lipinski definition) is 0. The number of benzene rings is 1. The molecule has 4 heteroatoms. The Hall–Kier alpha value is -2.72. The number of rotatable bonds is 2. The quantitative estimate of drug-likeness (QED) is 0.569.